The molecule has 4 aromatic rings. The second-order valence-electron chi connectivity index (χ2n) is 12.9. The Hall–Kier alpha value is -6.08. The first-order chi connectivity index (χ1) is 25.2. The van der Waals surface area contributed by atoms with Gasteiger partial charge in [0.1, 0.15) is 35.4 Å². The summed E-state index contributed by atoms with van der Waals surface area (Å²) in [7, 11) is 0. The number of carbonyl (C=O) groups is 4. The minimum atomic E-state index is -2.81. The summed E-state index contributed by atoms with van der Waals surface area (Å²) in [5, 5.41) is 8.88. The lowest BCUT2D eigenvalue weighted by molar-refractivity contribution is 0.0515. The zero-order valence-corrected chi connectivity index (χ0v) is 30.2. The number of halogens is 4. The van der Waals surface area contributed by atoms with E-state index in [-0.39, 0.29) is 47.0 Å². The molecule has 0 aliphatic carbocycles. The lowest BCUT2D eigenvalue weighted by atomic mass is 10.2. The number of oxazole rings is 2. The Morgan fingerprint density at radius 1 is 0.741 bits per heavy atom. The Balaban J connectivity index is 0.000000291. The Morgan fingerprint density at radius 3 is 1.50 bits per heavy atom. The second kappa shape index (κ2) is 18.1. The van der Waals surface area contributed by atoms with Crippen molar-refractivity contribution >= 4 is 35.8 Å². The normalized spacial score (nSPS) is 11.4. The van der Waals surface area contributed by atoms with Crippen LogP contribution in [0.4, 0.5) is 38.8 Å². The number of ether oxygens (including phenoxy) is 3. The molecule has 0 saturated heterocycles. The predicted molar refractivity (Wildman–Crippen MR) is 182 cm³/mol. The van der Waals surface area contributed by atoms with Gasteiger partial charge >= 0.3 is 24.1 Å². The lowest BCUT2D eigenvalue weighted by Crippen LogP contribution is -2.40. The van der Waals surface area contributed by atoms with E-state index in [9.17, 15) is 36.7 Å². The molecule has 20 heteroatoms. The zero-order chi connectivity index (χ0) is 40.4. The number of pyridine rings is 2. The number of aromatic carboxylic acids is 1. The van der Waals surface area contributed by atoms with Crippen molar-refractivity contribution in [2.45, 2.75) is 72.5 Å². The molecule has 0 unspecified atom stereocenters. The maximum absolute atomic E-state index is 13.0. The van der Waals surface area contributed by atoms with Gasteiger partial charge in [0.2, 0.25) is 11.8 Å². The summed E-state index contributed by atoms with van der Waals surface area (Å²) in [4.78, 5) is 64.3. The molecule has 0 bridgehead atoms. The standard InChI is InChI=1S/C18H21F2N3O5.C16H17F2N3O5/c1-5-26-16(24)12-10-27-15(22-12)11-6-7-21-14(8-11)23(9-13(19)20)17(25)28-18(2,3)4;1-16(2,3)26-15(24)21(7-11(17)18)12-6-9(4-5-19-12)13-20-10(8-25-13)14(22)23/h6-8,10,13H,5,9H2,1-4H3;4-6,8,11H,7H2,1-3H3,(H,22,23). The van der Waals surface area contributed by atoms with E-state index in [4.69, 9.17) is 28.2 Å². The summed E-state index contributed by atoms with van der Waals surface area (Å²) < 4.78 is 77.3. The Bertz CT molecular complexity index is 1910. The van der Waals surface area contributed by atoms with Crippen molar-refractivity contribution in [3.63, 3.8) is 0 Å². The summed E-state index contributed by atoms with van der Waals surface area (Å²) >= 11 is 0. The highest BCUT2D eigenvalue weighted by Gasteiger charge is 2.29. The van der Waals surface area contributed by atoms with Crippen molar-refractivity contribution in [2.24, 2.45) is 0 Å². The van der Waals surface area contributed by atoms with Crippen LogP contribution in [0.25, 0.3) is 22.9 Å². The number of rotatable bonds is 11. The molecule has 0 radical (unpaired) electrons. The maximum Gasteiger partial charge on any atom is 0.416 e. The molecule has 16 nitrogen and oxygen atoms in total. The van der Waals surface area contributed by atoms with Gasteiger partial charge in [-0.3, -0.25) is 9.80 Å². The fourth-order valence-corrected chi connectivity index (χ4v) is 4.04. The van der Waals surface area contributed by atoms with Crippen LogP contribution in [-0.4, -0.2) is 92.9 Å². The fourth-order valence-electron chi connectivity index (χ4n) is 4.04. The van der Waals surface area contributed by atoms with Crippen LogP contribution in [0.15, 0.2) is 58.0 Å². The maximum atomic E-state index is 13.0. The van der Waals surface area contributed by atoms with Gasteiger partial charge in [-0.1, -0.05) is 0 Å². The highest BCUT2D eigenvalue weighted by atomic mass is 19.3. The number of alkyl halides is 4. The number of carbonyl (C=O) groups excluding carboxylic acids is 3. The van der Waals surface area contributed by atoms with Crippen LogP contribution in [0, 0.1) is 0 Å². The minimum Gasteiger partial charge on any atom is -0.476 e. The number of carboxylic acids is 1. The van der Waals surface area contributed by atoms with Gasteiger partial charge in [0.05, 0.1) is 19.7 Å². The lowest BCUT2D eigenvalue weighted by Gasteiger charge is -2.26. The quantitative estimate of drug-likeness (QED) is 0.0901. The molecule has 2 amide bonds. The molecule has 0 fully saturated rings. The van der Waals surface area contributed by atoms with E-state index >= 15 is 0 Å². The molecule has 4 heterocycles. The van der Waals surface area contributed by atoms with Crippen molar-refractivity contribution < 1.29 is 64.9 Å². The number of carboxylic acid groups (broad SMARTS) is 1. The van der Waals surface area contributed by atoms with E-state index < -0.39 is 61.3 Å². The number of aromatic nitrogens is 4. The minimum absolute atomic E-state index is 0.0354. The first-order valence-electron chi connectivity index (χ1n) is 16.0. The highest BCUT2D eigenvalue weighted by Crippen LogP contribution is 2.26. The molecule has 1 N–H and O–H groups in total. The predicted octanol–water partition coefficient (Wildman–Crippen LogP) is 7.36. The van der Waals surface area contributed by atoms with Crippen LogP contribution in [0.1, 0.15) is 69.4 Å². The van der Waals surface area contributed by atoms with Crippen LogP contribution in [0.3, 0.4) is 0 Å². The number of nitrogens with zero attached hydrogens (tertiary/aromatic N) is 6. The van der Waals surface area contributed by atoms with E-state index in [1.54, 1.807) is 48.5 Å². The monoisotopic (exact) mass is 766 g/mol. The van der Waals surface area contributed by atoms with E-state index in [2.05, 4.69) is 19.9 Å². The Labute approximate surface area is 306 Å². The second-order valence-corrected chi connectivity index (χ2v) is 12.9. The van der Waals surface area contributed by atoms with Gasteiger partial charge in [-0.15, -0.1) is 0 Å². The molecule has 4 rings (SSSR count). The van der Waals surface area contributed by atoms with Crippen molar-refractivity contribution in [2.75, 3.05) is 29.5 Å². The summed E-state index contributed by atoms with van der Waals surface area (Å²) in [6.07, 6.45) is -2.91. The van der Waals surface area contributed by atoms with Gasteiger partial charge in [-0.25, -0.2) is 56.7 Å². The van der Waals surface area contributed by atoms with Gasteiger partial charge in [-0.05, 0) is 72.7 Å². The molecule has 0 spiro atoms. The van der Waals surface area contributed by atoms with Crippen LogP contribution >= 0.6 is 0 Å². The molecule has 0 atom stereocenters. The molecule has 0 aromatic carbocycles. The highest BCUT2D eigenvalue weighted by molar-refractivity contribution is 5.89. The molecule has 292 valence electrons. The molecular formula is C34H38F4N6O10. The summed E-state index contributed by atoms with van der Waals surface area (Å²) in [6.45, 7) is 9.71. The summed E-state index contributed by atoms with van der Waals surface area (Å²) in [5.41, 5.74) is -1.49. The van der Waals surface area contributed by atoms with E-state index in [1.165, 1.54) is 36.7 Å². The van der Waals surface area contributed by atoms with Crippen molar-refractivity contribution in [3.05, 3.63) is 60.6 Å². The molecule has 0 aliphatic rings. The topological polar surface area (TPSA) is 201 Å². The van der Waals surface area contributed by atoms with Crippen LogP contribution in [-0.2, 0) is 14.2 Å². The number of amides is 2. The largest absolute Gasteiger partial charge is 0.476 e. The average Bonchev–Trinajstić information content (AvgIpc) is 3.77. The Kier molecular flexibility index (Phi) is 14.2. The fraction of sp³-hybridized carbons (Fsp3) is 0.412. The number of esters is 1. The molecule has 4 aromatic heterocycles. The first kappa shape index (κ1) is 42.3. The van der Waals surface area contributed by atoms with Crippen molar-refractivity contribution in [1.82, 2.24) is 19.9 Å². The number of hydrogen-bond donors (Lipinski definition) is 1. The van der Waals surface area contributed by atoms with Crippen LogP contribution in [0.2, 0.25) is 0 Å². The third kappa shape index (κ3) is 12.8. The van der Waals surface area contributed by atoms with E-state index in [0.29, 0.717) is 10.5 Å². The van der Waals surface area contributed by atoms with Gasteiger partial charge in [0, 0.05) is 23.5 Å². The van der Waals surface area contributed by atoms with Gasteiger partial charge in [0.15, 0.2) is 11.4 Å². The first-order valence-corrected chi connectivity index (χ1v) is 16.0. The van der Waals surface area contributed by atoms with Crippen molar-refractivity contribution in [3.8, 4) is 22.9 Å². The molecular weight excluding hydrogens is 728 g/mol. The number of hydrogen-bond acceptors (Lipinski definition) is 13. The van der Waals surface area contributed by atoms with Crippen LogP contribution in [0.5, 0.6) is 0 Å². The van der Waals surface area contributed by atoms with Crippen molar-refractivity contribution in [1.29, 1.82) is 0 Å². The molecule has 0 aliphatic heterocycles. The molecule has 0 saturated carbocycles. The third-order valence-electron chi connectivity index (χ3n) is 6.12. The van der Waals surface area contributed by atoms with E-state index in [0.717, 1.165) is 17.4 Å². The SMILES string of the molecule is CC(C)(C)OC(=O)N(CC(F)F)c1cc(-c2nc(C(=O)O)co2)ccn1.CCOC(=O)c1coc(-c2ccnc(N(CC(F)F)C(=O)OC(C)(C)C)c2)n1. The molecule has 54 heavy (non-hydrogen) atoms. The summed E-state index contributed by atoms with van der Waals surface area (Å²) in [5.74, 6) is -2.10. The van der Waals surface area contributed by atoms with Crippen LogP contribution < -0.4 is 9.80 Å². The van der Waals surface area contributed by atoms with Gasteiger partial charge in [0.25, 0.3) is 12.9 Å². The third-order valence-corrected chi connectivity index (χ3v) is 6.12. The zero-order valence-electron chi connectivity index (χ0n) is 30.2. The van der Waals surface area contributed by atoms with Gasteiger partial charge in [-0.2, -0.15) is 0 Å². The van der Waals surface area contributed by atoms with Gasteiger partial charge < -0.3 is 28.2 Å². The number of anilines is 2. The summed E-state index contributed by atoms with van der Waals surface area (Å²) in [6, 6.07) is 5.56. The van der Waals surface area contributed by atoms with E-state index in [1.807, 2.05) is 0 Å². The smallest absolute Gasteiger partial charge is 0.416 e. The Morgan fingerprint density at radius 2 is 1.15 bits per heavy atom. The average molecular weight is 767 g/mol.